The van der Waals surface area contributed by atoms with E-state index in [9.17, 15) is 0 Å². The summed E-state index contributed by atoms with van der Waals surface area (Å²) in [6.07, 6.45) is 0.921. The van der Waals surface area contributed by atoms with Gasteiger partial charge in [-0.15, -0.1) is 0 Å². The number of anilines is 2. The first-order valence-electron chi connectivity index (χ1n) is 8.80. The zero-order chi connectivity index (χ0) is 17.6. The molecule has 0 bridgehead atoms. The van der Waals surface area contributed by atoms with Gasteiger partial charge < -0.3 is 19.9 Å². The Morgan fingerprint density at radius 3 is 2.68 bits per heavy atom. The van der Waals surface area contributed by atoms with Crippen molar-refractivity contribution in [3.8, 4) is 5.75 Å². The van der Waals surface area contributed by atoms with Gasteiger partial charge in [-0.25, -0.2) is 4.98 Å². The second-order valence-electron chi connectivity index (χ2n) is 6.51. The van der Waals surface area contributed by atoms with Crippen molar-refractivity contribution < 1.29 is 4.74 Å². The standard InChI is InChI=1S/C19H27N5O/c1-15-13-18(20-8-7-16-5-4-6-17(14-16)25-3)22-19(21-15)24-11-9-23(2)10-12-24/h4-6,13-14H,7-12H2,1-3H3,(H,20,21,22). The predicted octanol–water partition coefficient (Wildman–Crippen LogP) is 2.20. The van der Waals surface area contributed by atoms with Gasteiger partial charge in [0.05, 0.1) is 7.11 Å². The maximum atomic E-state index is 5.28. The molecule has 1 aliphatic heterocycles. The largest absolute Gasteiger partial charge is 0.497 e. The van der Waals surface area contributed by atoms with Crippen LogP contribution < -0.4 is 15.0 Å². The van der Waals surface area contributed by atoms with E-state index in [4.69, 9.17) is 9.72 Å². The lowest BCUT2D eigenvalue weighted by Gasteiger charge is -2.32. The number of methoxy groups -OCH3 is 1. The summed E-state index contributed by atoms with van der Waals surface area (Å²) in [5.41, 5.74) is 2.24. The van der Waals surface area contributed by atoms with Crippen molar-refractivity contribution in [3.05, 3.63) is 41.6 Å². The quantitative estimate of drug-likeness (QED) is 0.869. The monoisotopic (exact) mass is 341 g/mol. The Balaban J connectivity index is 1.60. The van der Waals surface area contributed by atoms with Crippen molar-refractivity contribution in [3.63, 3.8) is 0 Å². The maximum absolute atomic E-state index is 5.28. The topological polar surface area (TPSA) is 53.5 Å². The highest BCUT2D eigenvalue weighted by molar-refractivity contribution is 5.44. The highest BCUT2D eigenvalue weighted by Gasteiger charge is 2.17. The number of rotatable bonds is 6. The van der Waals surface area contributed by atoms with Crippen LogP contribution in [0.15, 0.2) is 30.3 Å². The summed E-state index contributed by atoms with van der Waals surface area (Å²) in [4.78, 5) is 13.9. The number of nitrogens with zero attached hydrogens (tertiary/aromatic N) is 4. The smallest absolute Gasteiger partial charge is 0.227 e. The third-order valence-electron chi connectivity index (χ3n) is 4.48. The van der Waals surface area contributed by atoms with Gasteiger partial charge >= 0.3 is 0 Å². The average Bonchev–Trinajstić information content (AvgIpc) is 2.62. The van der Waals surface area contributed by atoms with Crippen molar-refractivity contribution >= 4 is 11.8 Å². The van der Waals surface area contributed by atoms with E-state index in [-0.39, 0.29) is 0 Å². The van der Waals surface area contributed by atoms with Gasteiger partial charge in [-0.3, -0.25) is 0 Å². The molecule has 1 aromatic carbocycles. The minimum atomic E-state index is 0.825. The third-order valence-corrected chi connectivity index (χ3v) is 4.48. The van der Waals surface area contributed by atoms with E-state index in [1.54, 1.807) is 7.11 Å². The fourth-order valence-electron chi connectivity index (χ4n) is 2.95. The number of aryl methyl sites for hydroxylation is 1. The molecule has 6 heteroatoms. The van der Waals surface area contributed by atoms with Gasteiger partial charge in [0.2, 0.25) is 5.95 Å². The number of hydrogen-bond acceptors (Lipinski definition) is 6. The van der Waals surface area contributed by atoms with Crippen LogP contribution in [0.25, 0.3) is 0 Å². The Morgan fingerprint density at radius 2 is 1.92 bits per heavy atom. The summed E-state index contributed by atoms with van der Waals surface area (Å²) < 4.78 is 5.28. The van der Waals surface area contributed by atoms with E-state index in [0.29, 0.717) is 0 Å². The molecule has 1 fully saturated rings. The fourth-order valence-corrected chi connectivity index (χ4v) is 2.95. The molecular formula is C19H27N5O. The van der Waals surface area contributed by atoms with Crippen LogP contribution in [0, 0.1) is 6.92 Å². The number of benzene rings is 1. The van der Waals surface area contributed by atoms with Gasteiger partial charge in [0.1, 0.15) is 11.6 Å². The number of aromatic nitrogens is 2. The summed E-state index contributed by atoms with van der Waals surface area (Å²) in [7, 11) is 3.85. The molecule has 134 valence electrons. The van der Waals surface area contributed by atoms with Crippen LogP contribution in [0.5, 0.6) is 5.75 Å². The average molecular weight is 341 g/mol. The van der Waals surface area contributed by atoms with Gasteiger partial charge in [-0.2, -0.15) is 4.98 Å². The molecule has 0 aliphatic carbocycles. The zero-order valence-electron chi connectivity index (χ0n) is 15.3. The van der Waals surface area contributed by atoms with Crippen molar-refractivity contribution in [2.45, 2.75) is 13.3 Å². The highest BCUT2D eigenvalue weighted by atomic mass is 16.5. The summed E-state index contributed by atoms with van der Waals surface area (Å²) in [6.45, 7) is 6.90. The normalized spacial score (nSPS) is 15.2. The van der Waals surface area contributed by atoms with Gasteiger partial charge in [0.15, 0.2) is 0 Å². The Hall–Kier alpha value is -2.34. The van der Waals surface area contributed by atoms with Gasteiger partial charge in [0.25, 0.3) is 0 Å². The van der Waals surface area contributed by atoms with Gasteiger partial charge in [-0.05, 0) is 38.1 Å². The summed E-state index contributed by atoms with van der Waals surface area (Å²) in [6, 6.07) is 10.2. The number of piperazine rings is 1. The molecule has 0 spiro atoms. The molecule has 1 N–H and O–H groups in total. The Labute approximate surface area is 149 Å². The van der Waals surface area contributed by atoms with E-state index in [0.717, 1.165) is 62.4 Å². The van der Waals surface area contributed by atoms with E-state index in [1.807, 2.05) is 25.1 Å². The number of nitrogens with one attached hydrogen (secondary N) is 1. The minimum Gasteiger partial charge on any atom is -0.497 e. The summed E-state index contributed by atoms with van der Waals surface area (Å²) in [5.74, 6) is 2.62. The molecule has 0 atom stereocenters. The molecule has 1 aromatic heterocycles. The molecule has 1 aliphatic rings. The molecule has 25 heavy (non-hydrogen) atoms. The van der Waals surface area contributed by atoms with Gasteiger partial charge in [-0.1, -0.05) is 12.1 Å². The van der Waals surface area contributed by atoms with Crippen LogP contribution in [-0.2, 0) is 6.42 Å². The molecule has 2 aromatic rings. The second-order valence-corrected chi connectivity index (χ2v) is 6.51. The van der Waals surface area contributed by atoms with Crippen LogP contribution in [0.1, 0.15) is 11.3 Å². The highest BCUT2D eigenvalue weighted by Crippen LogP contribution is 2.16. The minimum absolute atomic E-state index is 0.825. The molecule has 3 rings (SSSR count). The molecule has 0 radical (unpaired) electrons. The zero-order valence-corrected chi connectivity index (χ0v) is 15.3. The summed E-state index contributed by atoms with van der Waals surface area (Å²) in [5, 5.41) is 3.43. The Morgan fingerprint density at radius 1 is 1.12 bits per heavy atom. The Kier molecular flexibility index (Phi) is 5.71. The van der Waals surface area contributed by atoms with Crippen molar-refractivity contribution in [1.29, 1.82) is 0 Å². The van der Waals surface area contributed by atoms with Gasteiger partial charge in [0, 0.05) is 44.5 Å². The SMILES string of the molecule is COc1cccc(CCNc2cc(C)nc(N3CCN(C)CC3)n2)c1. The number of likely N-dealkylation sites (N-methyl/N-ethyl adjacent to an activating group) is 1. The van der Waals surface area contributed by atoms with E-state index in [1.165, 1.54) is 5.56 Å². The molecule has 6 nitrogen and oxygen atoms in total. The van der Waals surface area contributed by atoms with Crippen molar-refractivity contribution in [2.75, 3.05) is 57.1 Å². The van der Waals surface area contributed by atoms with Crippen LogP contribution >= 0.6 is 0 Å². The lowest BCUT2D eigenvalue weighted by Crippen LogP contribution is -2.45. The summed E-state index contributed by atoms with van der Waals surface area (Å²) >= 11 is 0. The second kappa shape index (κ2) is 8.16. The molecule has 2 heterocycles. The van der Waals surface area contributed by atoms with Crippen molar-refractivity contribution in [2.24, 2.45) is 0 Å². The fraction of sp³-hybridized carbons (Fsp3) is 0.474. The van der Waals surface area contributed by atoms with Crippen LogP contribution in [0.3, 0.4) is 0 Å². The maximum Gasteiger partial charge on any atom is 0.227 e. The Bertz CT molecular complexity index is 698. The van der Waals surface area contributed by atoms with E-state index < -0.39 is 0 Å². The van der Waals surface area contributed by atoms with E-state index in [2.05, 4.69) is 39.3 Å². The van der Waals surface area contributed by atoms with Crippen LogP contribution in [0.4, 0.5) is 11.8 Å². The molecule has 1 saturated heterocycles. The van der Waals surface area contributed by atoms with Crippen molar-refractivity contribution in [1.82, 2.24) is 14.9 Å². The number of hydrogen-bond donors (Lipinski definition) is 1. The first kappa shape index (κ1) is 17.5. The molecule has 0 saturated carbocycles. The lowest BCUT2D eigenvalue weighted by atomic mass is 10.1. The first-order chi connectivity index (χ1) is 12.1. The molecule has 0 amide bonds. The molecule has 0 unspecified atom stereocenters. The predicted molar refractivity (Wildman–Crippen MR) is 102 cm³/mol. The lowest BCUT2D eigenvalue weighted by molar-refractivity contribution is 0.311. The molecular weight excluding hydrogens is 314 g/mol. The van der Waals surface area contributed by atoms with E-state index >= 15 is 0 Å². The first-order valence-corrected chi connectivity index (χ1v) is 8.80. The third kappa shape index (κ3) is 4.82. The van der Waals surface area contributed by atoms with Crippen LogP contribution in [-0.4, -0.2) is 61.7 Å². The number of ether oxygens (including phenoxy) is 1. The van der Waals surface area contributed by atoms with Crippen LogP contribution in [0.2, 0.25) is 0 Å².